The molecular weight excluding hydrogens is 412 g/mol. The molecule has 6 aromatic rings. The molecule has 0 bridgehead atoms. The fourth-order valence-electron chi connectivity index (χ4n) is 4.86. The Morgan fingerprint density at radius 2 is 1.21 bits per heavy atom. The van der Waals surface area contributed by atoms with Crippen molar-refractivity contribution in [3.63, 3.8) is 0 Å². The molecule has 0 saturated carbocycles. The zero-order chi connectivity index (χ0) is 22.9. The molecule has 6 rings (SSSR count). The van der Waals surface area contributed by atoms with E-state index in [4.69, 9.17) is 0 Å². The van der Waals surface area contributed by atoms with Crippen LogP contribution in [0.25, 0.3) is 32.9 Å². The van der Waals surface area contributed by atoms with E-state index in [2.05, 4.69) is 138 Å². The van der Waals surface area contributed by atoms with E-state index in [1.165, 1.54) is 44.2 Å². The standard InChI is InChI=1S/C32H26N2/c1-2-23-10-6-9-15-32(23)34(26-11-4-3-5-12-26)27-19-16-24(17-20-27)25-18-21-31-29(22-25)28-13-7-8-14-30(28)33-31/h3-22,33H,2H2,1H3. The van der Waals surface area contributed by atoms with Crippen LogP contribution in [0.4, 0.5) is 17.1 Å². The number of aromatic amines is 1. The van der Waals surface area contributed by atoms with Crippen molar-refractivity contribution in [3.8, 4) is 11.1 Å². The Kier molecular flexibility index (Phi) is 5.12. The van der Waals surface area contributed by atoms with Crippen molar-refractivity contribution in [2.75, 3.05) is 4.90 Å². The molecule has 1 heterocycles. The van der Waals surface area contributed by atoms with Gasteiger partial charge in [-0.3, -0.25) is 0 Å². The van der Waals surface area contributed by atoms with E-state index >= 15 is 0 Å². The van der Waals surface area contributed by atoms with Gasteiger partial charge in [0.05, 0.1) is 0 Å². The largest absolute Gasteiger partial charge is 0.355 e. The van der Waals surface area contributed by atoms with Gasteiger partial charge in [-0.1, -0.05) is 79.7 Å². The first-order valence-electron chi connectivity index (χ1n) is 11.9. The number of aromatic nitrogens is 1. The van der Waals surface area contributed by atoms with E-state index in [0.717, 1.165) is 17.8 Å². The molecule has 0 amide bonds. The number of H-pyrrole nitrogens is 1. The average Bonchev–Trinajstić information content (AvgIpc) is 3.28. The third-order valence-corrected chi connectivity index (χ3v) is 6.59. The highest BCUT2D eigenvalue weighted by molar-refractivity contribution is 6.08. The fraction of sp³-hybridized carbons (Fsp3) is 0.0625. The van der Waals surface area contributed by atoms with Crippen molar-refractivity contribution in [1.82, 2.24) is 4.98 Å². The molecule has 0 aliphatic carbocycles. The molecule has 0 aliphatic heterocycles. The molecule has 0 saturated heterocycles. The van der Waals surface area contributed by atoms with Gasteiger partial charge in [0.15, 0.2) is 0 Å². The number of anilines is 3. The molecular formula is C32H26N2. The van der Waals surface area contributed by atoms with E-state index in [0.29, 0.717) is 0 Å². The molecule has 34 heavy (non-hydrogen) atoms. The van der Waals surface area contributed by atoms with E-state index in [9.17, 15) is 0 Å². The summed E-state index contributed by atoms with van der Waals surface area (Å²) >= 11 is 0. The number of hydrogen-bond acceptors (Lipinski definition) is 1. The number of hydrogen-bond donors (Lipinski definition) is 1. The van der Waals surface area contributed by atoms with Gasteiger partial charge >= 0.3 is 0 Å². The second-order valence-corrected chi connectivity index (χ2v) is 8.63. The zero-order valence-electron chi connectivity index (χ0n) is 19.2. The van der Waals surface area contributed by atoms with Gasteiger partial charge < -0.3 is 9.88 Å². The quantitative estimate of drug-likeness (QED) is 0.284. The minimum absolute atomic E-state index is 0.988. The number of aryl methyl sites for hydroxylation is 1. The molecule has 0 aliphatic rings. The van der Waals surface area contributed by atoms with Gasteiger partial charge in [-0.25, -0.2) is 0 Å². The van der Waals surface area contributed by atoms with Crippen molar-refractivity contribution in [1.29, 1.82) is 0 Å². The van der Waals surface area contributed by atoms with Crippen LogP contribution in [0.15, 0.2) is 121 Å². The molecule has 0 atom stereocenters. The third-order valence-electron chi connectivity index (χ3n) is 6.59. The molecule has 0 radical (unpaired) electrons. The summed E-state index contributed by atoms with van der Waals surface area (Å²) < 4.78 is 0. The highest BCUT2D eigenvalue weighted by Gasteiger charge is 2.15. The summed E-state index contributed by atoms with van der Waals surface area (Å²) in [5.41, 5.74) is 9.67. The number of para-hydroxylation sites is 3. The third kappa shape index (κ3) is 3.54. The normalized spacial score (nSPS) is 11.2. The zero-order valence-corrected chi connectivity index (χ0v) is 19.2. The smallest absolute Gasteiger partial charge is 0.0493 e. The summed E-state index contributed by atoms with van der Waals surface area (Å²) in [5, 5.41) is 2.53. The molecule has 0 fully saturated rings. The van der Waals surface area contributed by atoms with Gasteiger partial charge in [-0.05, 0) is 71.6 Å². The molecule has 1 N–H and O–H groups in total. The lowest BCUT2D eigenvalue weighted by atomic mass is 10.0. The molecule has 0 spiro atoms. The van der Waals surface area contributed by atoms with Crippen molar-refractivity contribution in [3.05, 3.63) is 127 Å². The number of rotatable bonds is 5. The van der Waals surface area contributed by atoms with E-state index in [1.807, 2.05) is 0 Å². The first-order chi connectivity index (χ1) is 16.8. The molecule has 2 heteroatoms. The monoisotopic (exact) mass is 438 g/mol. The highest BCUT2D eigenvalue weighted by atomic mass is 15.1. The van der Waals surface area contributed by atoms with Crippen LogP contribution in [0, 0.1) is 0 Å². The van der Waals surface area contributed by atoms with Gasteiger partial charge in [-0.2, -0.15) is 0 Å². The molecule has 5 aromatic carbocycles. The lowest BCUT2D eigenvalue weighted by molar-refractivity contribution is 1.11. The topological polar surface area (TPSA) is 19.0 Å². The Bertz CT molecular complexity index is 1580. The van der Waals surface area contributed by atoms with Gasteiger partial charge in [0.1, 0.15) is 0 Å². The summed E-state index contributed by atoms with van der Waals surface area (Å²) in [6.45, 7) is 2.21. The Labute approximate surface area is 200 Å². The van der Waals surface area contributed by atoms with Crippen LogP contribution in [0.2, 0.25) is 0 Å². The van der Waals surface area contributed by atoms with Crippen molar-refractivity contribution < 1.29 is 0 Å². The minimum atomic E-state index is 0.988. The summed E-state index contributed by atoms with van der Waals surface area (Å²) in [5.74, 6) is 0. The maximum Gasteiger partial charge on any atom is 0.0493 e. The number of benzene rings is 5. The van der Waals surface area contributed by atoms with Crippen LogP contribution in [0.3, 0.4) is 0 Å². The van der Waals surface area contributed by atoms with Gasteiger partial charge in [0, 0.05) is 38.9 Å². The minimum Gasteiger partial charge on any atom is -0.355 e. The average molecular weight is 439 g/mol. The summed E-state index contributed by atoms with van der Waals surface area (Å²) in [4.78, 5) is 5.87. The number of nitrogens with zero attached hydrogens (tertiary/aromatic N) is 1. The molecule has 2 nitrogen and oxygen atoms in total. The van der Waals surface area contributed by atoms with Crippen LogP contribution in [-0.2, 0) is 6.42 Å². The highest BCUT2D eigenvalue weighted by Crippen LogP contribution is 2.38. The van der Waals surface area contributed by atoms with Crippen LogP contribution in [0.5, 0.6) is 0 Å². The maximum absolute atomic E-state index is 3.52. The fourth-order valence-corrected chi connectivity index (χ4v) is 4.86. The van der Waals surface area contributed by atoms with Crippen molar-refractivity contribution >= 4 is 38.9 Å². The lowest BCUT2D eigenvalue weighted by Crippen LogP contribution is -2.11. The van der Waals surface area contributed by atoms with E-state index in [1.54, 1.807) is 0 Å². The molecule has 164 valence electrons. The van der Waals surface area contributed by atoms with E-state index in [-0.39, 0.29) is 0 Å². The van der Waals surface area contributed by atoms with Crippen LogP contribution in [-0.4, -0.2) is 4.98 Å². The van der Waals surface area contributed by atoms with Gasteiger partial charge in [0.2, 0.25) is 0 Å². The summed E-state index contributed by atoms with van der Waals surface area (Å²) in [6, 6.07) is 43.4. The first kappa shape index (κ1) is 20.3. The van der Waals surface area contributed by atoms with Crippen molar-refractivity contribution in [2.24, 2.45) is 0 Å². The number of fused-ring (bicyclic) bond motifs is 3. The SMILES string of the molecule is CCc1ccccc1N(c1ccccc1)c1ccc(-c2ccc3[nH]c4ccccc4c3c2)cc1. The van der Waals surface area contributed by atoms with Gasteiger partial charge in [0.25, 0.3) is 0 Å². The predicted molar refractivity (Wildman–Crippen MR) is 145 cm³/mol. The Balaban J connectivity index is 1.43. The first-order valence-corrected chi connectivity index (χ1v) is 11.9. The number of nitrogens with one attached hydrogen (secondary N) is 1. The maximum atomic E-state index is 3.52. The van der Waals surface area contributed by atoms with Crippen LogP contribution < -0.4 is 4.90 Å². The Hall–Kier alpha value is -4.30. The Morgan fingerprint density at radius 1 is 0.559 bits per heavy atom. The summed E-state index contributed by atoms with van der Waals surface area (Å²) in [6.07, 6.45) is 0.988. The second kappa shape index (κ2) is 8.57. The van der Waals surface area contributed by atoms with Crippen LogP contribution in [0.1, 0.15) is 12.5 Å². The van der Waals surface area contributed by atoms with Crippen molar-refractivity contribution in [2.45, 2.75) is 13.3 Å². The molecule has 1 aromatic heterocycles. The van der Waals surface area contributed by atoms with Gasteiger partial charge in [-0.15, -0.1) is 0 Å². The molecule has 0 unspecified atom stereocenters. The Morgan fingerprint density at radius 3 is 2.03 bits per heavy atom. The lowest BCUT2D eigenvalue weighted by Gasteiger charge is -2.27. The predicted octanol–water partition coefficient (Wildman–Crippen LogP) is 9.02. The summed E-state index contributed by atoms with van der Waals surface area (Å²) in [7, 11) is 0. The second-order valence-electron chi connectivity index (χ2n) is 8.63. The van der Waals surface area contributed by atoms with Crippen LogP contribution >= 0.6 is 0 Å². The van der Waals surface area contributed by atoms with E-state index < -0.39 is 0 Å².